The summed E-state index contributed by atoms with van der Waals surface area (Å²) >= 11 is 3.42. The van der Waals surface area contributed by atoms with E-state index >= 15 is 0 Å². The second-order valence-corrected chi connectivity index (χ2v) is 5.70. The highest BCUT2D eigenvalue weighted by Gasteiger charge is 2.32. The molecule has 2 aromatic rings. The van der Waals surface area contributed by atoms with Crippen molar-refractivity contribution in [2.75, 3.05) is 10.6 Å². The van der Waals surface area contributed by atoms with E-state index in [1.165, 1.54) is 0 Å². The summed E-state index contributed by atoms with van der Waals surface area (Å²) < 4.78 is 0.842. The van der Waals surface area contributed by atoms with Gasteiger partial charge in [-0.15, -0.1) is 0 Å². The van der Waals surface area contributed by atoms with Crippen LogP contribution in [0.5, 0.6) is 0 Å². The van der Waals surface area contributed by atoms with Gasteiger partial charge in [-0.1, -0.05) is 30.3 Å². The Hall–Kier alpha value is -1.93. The molecule has 0 aliphatic carbocycles. The van der Waals surface area contributed by atoms with E-state index in [-0.39, 0.29) is 12.1 Å². The Balaban J connectivity index is 1.67. The third kappa shape index (κ3) is 3.45. The highest BCUT2D eigenvalue weighted by molar-refractivity contribution is 9.10. The molecule has 3 rings (SSSR count). The van der Waals surface area contributed by atoms with Crippen molar-refractivity contribution in [3.63, 3.8) is 0 Å². The van der Waals surface area contributed by atoms with Gasteiger partial charge in [0.1, 0.15) is 12.2 Å². The molecule has 1 fully saturated rings. The fraction of sp³-hybridized carbons (Fsp3) is 0.133. The number of para-hydroxylation sites is 2. The molecule has 0 radical (unpaired) electrons. The number of carbonyl (C=O) groups is 1. The van der Waals surface area contributed by atoms with E-state index in [1.54, 1.807) is 0 Å². The lowest BCUT2D eigenvalue weighted by Crippen LogP contribution is -2.47. The maximum atomic E-state index is 12.5. The van der Waals surface area contributed by atoms with Gasteiger partial charge in [-0.05, 0) is 40.2 Å². The van der Waals surface area contributed by atoms with E-state index in [2.05, 4.69) is 42.9 Å². The number of anilines is 2. The largest absolute Gasteiger partial charge is 0.367 e. The molecule has 1 heterocycles. The summed E-state index contributed by atoms with van der Waals surface area (Å²) in [5, 5.41) is 6.16. The van der Waals surface area contributed by atoms with E-state index in [9.17, 15) is 4.79 Å². The number of nitrogens with one attached hydrogen (secondary N) is 5. The molecule has 114 valence electrons. The molecule has 1 aliphatic heterocycles. The molecule has 2 unspecified atom stereocenters. The molecule has 0 bridgehead atoms. The smallest absolute Gasteiger partial charge is 0.246 e. The highest BCUT2D eigenvalue weighted by atomic mass is 79.9. The molecule has 5 N–H and O–H groups in total. The SMILES string of the molecule is O=C(Nc1ccccc1Br)C1NNNC1Nc1ccccc1. The van der Waals surface area contributed by atoms with Crippen molar-refractivity contribution in [3.8, 4) is 0 Å². The standard InChI is InChI=1S/C15H16BrN5O/c16-11-8-4-5-9-12(11)18-15(22)13-14(20-21-19-13)17-10-6-2-1-3-7-10/h1-9,13-14,17,19-21H,(H,18,22). The second kappa shape index (κ2) is 6.89. The van der Waals surface area contributed by atoms with Crippen LogP contribution >= 0.6 is 15.9 Å². The van der Waals surface area contributed by atoms with Crippen LogP contribution in [-0.4, -0.2) is 18.1 Å². The Bertz CT molecular complexity index is 651. The Kier molecular flexibility index (Phi) is 4.69. The first-order chi connectivity index (χ1) is 10.7. The van der Waals surface area contributed by atoms with Crippen molar-refractivity contribution in [2.45, 2.75) is 12.2 Å². The first-order valence-electron chi connectivity index (χ1n) is 6.87. The molecular formula is C15H16BrN5O. The number of carbonyl (C=O) groups excluding carboxylic acids is 1. The topological polar surface area (TPSA) is 77.2 Å². The fourth-order valence-electron chi connectivity index (χ4n) is 2.19. The van der Waals surface area contributed by atoms with Gasteiger partial charge in [-0.3, -0.25) is 4.79 Å². The van der Waals surface area contributed by atoms with Gasteiger partial charge in [0.25, 0.3) is 0 Å². The van der Waals surface area contributed by atoms with Crippen molar-refractivity contribution in [3.05, 3.63) is 59.1 Å². The third-order valence-corrected chi connectivity index (χ3v) is 3.99. The zero-order valence-corrected chi connectivity index (χ0v) is 13.2. The minimum atomic E-state index is -0.465. The summed E-state index contributed by atoms with van der Waals surface area (Å²) in [5.74, 6) is -0.141. The summed E-state index contributed by atoms with van der Waals surface area (Å²) in [6.45, 7) is 0. The number of amides is 1. The van der Waals surface area contributed by atoms with Crippen LogP contribution in [0.4, 0.5) is 11.4 Å². The van der Waals surface area contributed by atoms with Crippen LogP contribution < -0.4 is 27.0 Å². The van der Waals surface area contributed by atoms with Crippen molar-refractivity contribution < 1.29 is 4.79 Å². The highest BCUT2D eigenvalue weighted by Crippen LogP contribution is 2.21. The summed E-state index contributed by atoms with van der Waals surface area (Å²) in [6, 6.07) is 16.8. The third-order valence-electron chi connectivity index (χ3n) is 3.30. The lowest BCUT2D eigenvalue weighted by molar-refractivity contribution is -0.118. The summed E-state index contributed by atoms with van der Waals surface area (Å²) in [5.41, 5.74) is 10.4. The minimum absolute atomic E-state index is 0.141. The predicted molar refractivity (Wildman–Crippen MR) is 89.8 cm³/mol. The maximum Gasteiger partial charge on any atom is 0.246 e. The van der Waals surface area contributed by atoms with Gasteiger partial charge in [0.15, 0.2) is 0 Å². The fourth-order valence-corrected chi connectivity index (χ4v) is 2.57. The molecule has 6 nitrogen and oxygen atoms in total. The Morgan fingerprint density at radius 2 is 1.73 bits per heavy atom. The molecule has 22 heavy (non-hydrogen) atoms. The van der Waals surface area contributed by atoms with Gasteiger partial charge in [0.2, 0.25) is 5.91 Å². The van der Waals surface area contributed by atoms with Crippen molar-refractivity contribution >= 4 is 33.2 Å². The Morgan fingerprint density at radius 1 is 1.00 bits per heavy atom. The molecule has 7 heteroatoms. The molecule has 2 aromatic carbocycles. The van der Waals surface area contributed by atoms with E-state index in [0.29, 0.717) is 0 Å². The number of rotatable bonds is 4. The van der Waals surface area contributed by atoms with Gasteiger partial charge in [-0.25, -0.2) is 10.9 Å². The van der Waals surface area contributed by atoms with Gasteiger partial charge in [0.05, 0.1) is 5.69 Å². The second-order valence-electron chi connectivity index (χ2n) is 4.85. The van der Waals surface area contributed by atoms with Crippen LogP contribution in [0, 0.1) is 0 Å². The van der Waals surface area contributed by atoms with Gasteiger partial charge >= 0.3 is 0 Å². The molecule has 2 atom stereocenters. The number of hydrogen-bond donors (Lipinski definition) is 5. The van der Waals surface area contributed by atoms with Gasteiger partial charge < -0.3 is 10.6 Å². The predicted octanol–water partition coefficient (Wildman–Crippen LogP) is 1.81. The molecular weight excluding hydrogens is 346 g/mol. The lowest BCUT2D eigenvalue weighted by atomic mass is 10.2. The van der Waals surface area contributed by atoms with E-state index in [4.69, 9.17) is 0 Å². The van der Waals surface area contributed by atoms with E-state index in [1.807, 2.05) is 54.6 Å². The maximum absolute atomic E-state index is 12.5. The zero-order chi connectivity index (χ0) is 15.4. The van der Waals surface area contributed by atoms with Crippen LogP contribution in [-0.2, 0) is 4.79 Å². The number of benzene rings is 2. The zero-order valence-electron chi connectivity index (χ0n) is 11.6. The van der Waals surface area contributed by atoms with Gasteiger partial charge in [-0.2, -0.15) is 5.53 Å². The van der Waals surface area contributed by atoms with E-state index < -0.39 is 6.04 Å². The van der Waals surface area contributed by atoms with Gasteiger partial charge in [0, 0.05) is 10.2 Å². The molecule has 1 saturated heterocycles. The van der Waals surface area contributed by atoms with Crippen LogP contribution in [0.3, 0.4) is 0 Å². The molecule has 0 spiro atoms. The van der Waals surface area contributed by atoms with Crippen molar-refractivity contribution in [2.24, 2.45) is 0 Å². The lowest BCUT2D eigenvalue weighted by Gasteiger charge is -2.20. The summed E-state index contributed by atoms with van der Waals surface area (Å²) in [7, 11) is 0. The molecule has 0 saturated carbocycles. The quantitative estimate of drug-likeness (QED) is 0.574. The van der Waals surface area contributed by atoms with Crippen LogP contribution in [0.1, 0.15) is 0 Å². The summed E-state index contributed by atoms with van der Waals surface area (Å²) in [6.07, 6.45) is -0.273. The minimum Gasteiger partial charge on any atom is -0.367 e. The van der Waals surface area contributed by atoms with Crippen LogP contribution in [0.2, 0.25) is 0 Å². The normalized spacial score (nSPS) is 20.6. The average Bonchev–Trinajstić information content (AvgIpc) is 2.99. The average molecular weight is 362 g/mol. The van der Waals surface area contributed by atoms with E-state index in [0.717, 1.165) is 15.8 Å². The van der Waals surface area contributed by atoms with Crippen LogP contribution in [0.25, 0.3) is 0 Å². The van der Waals surface area contributed by atoms with Crippen molar-refractivity contribution in [1.82, 2.24) is 16.4 Å². The summed E-state index contributed by atoms with van der Waals surface area (Å²) in [4.78, 5) is 12.5. The first kappa shape index (κ1) is 15.0. The number of hydrazine groups is 2. The number of hydrogen-bond acceptors (Lipinski definition) is 5. The Labute approximate surface area is 136 Å². The van der Waals surface area contributed by atoms with Crippen LogP contribution in [0.15, 0.2) is 59.1 Å². The first-order valence-corrected chi connectivity index (χ1v) is 7.66. The molecule has 0 aromatic heterocycles. The molecule has 1 amide bonds. The number of halogens is 1. The molecule has 1 aliphatic rings. The van der Waals surface area contributed by atoms with Crippen molar-refractivity contribution in [1.29, 1.82) is 0 Å². The monoisotopic (exact) mass is 361 g/mol. The Morgan fingerprint density at radius 3 is 2.50 bits per heavy atom.